The van der Waals surface area contributed by atoms with Gasteiger partial charge in [0.05, 0.1) is 6.54 Å². The number of nitrogens with zero attached hydrogens (tertiary/aromatic N) is 4. The van der Waals surface area contributed by atoms with Gasteiger partial charge in [-0.3, -0.25) is 9.69 Å². The van der Waals surface area contributed by atoms with Crippen LogP contribution >= 0.6 is 0 Å². The minimum absolute atomic E-state index is 0.213. The van der Waals surface area contributed by atoms with Gasteiger partial charge in [-0.15, -0.1) is 0 Å². The zero-order valence-electron chi connectivity index (χ0n) is 17.7. The summed E-state index contributed by atoms with van der Waals surface area (Å²) in [6.07, 6.45) is 3.35. The zero-order chi connectivity index (χ0) is 21.3. The average Bonchev–Trinajstić information content (AvgIpc) is 3.10. The minimum Gasteiger partial charge on any atom is -0.490 e. The highest BCUT2D eigenvalue weighted by Crippen LogP contribution is 2.18. The lowest BCUT2D eigenvalue weighted by atomic mass is 10.1. The standard InChI is InChI=1S/C21H31N5O4/c1-16(28)30-19(12-22-21-23-20(14-27)24-25(21)2)15-29-18-8-6-7-17(11-18)13-26-9-4-3-5-10-26/h6-8,11,19,27H,3-5,9-10,12-15H2,1-2H3,(H,22,23,24). The van der Waals surface area contributed by atoms with Crippen LogP contribution in [-0.4, -0.2) is 63.1 Å². The molecular weight excluding hydrogens is 386 g/mol. The minimum atomic E-state index is -0.498. The van der Waals surface area contributed by atoms with Gasteiger partial charge in [-0.05, 0) is 43.6 Å². The van der Waals surface area contributed by atoms with Crippen LogP contribution in [0.2, 0.25) is 0 Å². The first kappa shape index (κ1) is 22.0. The van der Waals surface area contributed by atoms with E-state index in [0.717, 1.165) is 25.4 Å². The molecule has 30 heavy (non-hydrogen) atoms. The van der Waals surface area contributed by atoms with E-state index in [4.69, 9.17) is 14.6 Å². The van der Waals surface area contributed by atoms with Crippen molar-refractivity contribution in [2.45, 2.75) is 45.4 Å². The van der Waals surface area contributed by atoms with Crippen LogP contribution in [-0.2, 0) is 29.7 Å². The summed E-state index contributed by atoms with van der Waals surface area (Å²) in [6.45, 7) is 4.87. The Morgan fingerprint density at radius 3 is 2.80 bits per heavy atom. The van der Waals surface area contributed by atoms with E-state index in [1.807, 2.05) is 18.2 Å². The number of rotatable bonds is 10. The molecule has 1 saturated heterocycles. The van der Waals surface area contributed by atoms with Crippen molar-refractivity contribution in [2.75, 3.05) is 31.6 Å². The number of aryl methyl sites for hydroxylation is 1. The van der Waals surface area contributed by atoms with Gasteiger partial charge in [0.2, 0.25) is 5.95 Å². The third kappa shape index (κ3) is 6.70. The summed E-state index contributed by atoms with van der Waals surface area (Å²) in [7, 11) is 1.72. The number of piperidine rings is 1. The van der Waals surface area contributed by atoms with Crippen LogP contribution in [0.1, 0.15) is 37.6 Å². The van der Waals surface area contributed by atoms with E-state index < -0.39 is 6.10 Å². The molecule has 1 aliphatic heterocycles. The van der Waals surface area contributed by atoms with E-state index in [2.05, 4.69) is 26.4 Å². The summed E-state index contributed by atoms with van der Waals surface area (Å²) in [5.74, 6) is 1.19. The number of aliphatic hydroxyl groups is 1. The van der Waals surface area contributed by atoms with Gasteiger partial charge >= 0.3 is 5.97 Å². The molecule has 9 nitrogen and oxygen atoms in total. The molecule has 0 spiro atoms. The van der Waals surface area contributed by atoms with Crippen molar-refractivity contribution in [3.63, 3.8) is 0 Å². The Hall–Kier alpha value is -2.65. The quantitative estimate of drug-likeness (QED) is 0.564. The number of ether oxygens (including phenoxy) is 2. The van der Waals surface area contributed by atoms with Crippen LogP contribution in [0.25, 0.3) is 0 Å². The third-order valence-corrected chi connectivity index (χ3v) is 4.96. The van der Waals surface area contributed by atoms with Gasteiger partial charge < -0.3 is 19.9 Å². The van der Waals surface area contributed by atoms with E-state index in [1.165, 1.54) is 36.4 Å². The summed E-state index contributed by atoms with van der Waals surface area (Å²) < 4.78 is 12.8. The number of anilines is 1. The zero-order valence-corrected chi connectivity index (χ0v) is 17.7. The number of aliphatic hydroxyl groups excluding tert-OH is 1. The van der Waals surface area contributed by atoms with Crippen molar-refractivity contribution >= 4 is 11.9 Å². The van der Waals surface area contributed by atoms with Gasteiger partial charge in [0, 0.05) is 20.5 Å². The lowest BCUT2D eigenvalue weighted by molar-refractivity contribution is -0.147. The molecule has 2 N–H and O–H groups in total. The molecule has 0 aliphatic carbocycles. The van der Waals surface area contributed by atoms with Crippen molar-refractivity contribution in [3.8, 4) is 5.75 Å². The fraction of sp³-hybridized carbons (Fsp3) is 0.571. The first-order valence-electron chi connectivity index (χ1n) is 10.4. The summed E-state index contributed by atoms with van der Waals surface area (Å²) in [4.78, 5) is 18.1. The lowest BCUT2D eigenvalue weighted by Crippen LogP contribution is -2.32. The average molecular weight is 418 g/mol. The van der Waals surface area contributed by atoms with Gasteiger partial charge in [-0.25, -0.2) is 4.68 Å². The number of carbonyl (C=O) groups is 1. The molecular formula is C21H31N5O4. The van der Waals surface area contributed by atoms with Crippen molar-refractivity contribution < 1.29 is 19.4 Å². The number of benzene rings is 1. The second-order valence-corrected chi connectivity index (χ2v) is 7.54. The third-order valence-electron chi connectivity index (χ3n) is 4.96. The SMILES string of the molecule is CC(=O)OC(CNc1nc(CO)nn1C)COc1cccc(CN2CCCCC2)c1. The molecule has 1 unspecified atom stereocenters. The van der Waals surface area contributed by atoms with Crippen LogP contribution in [0.4, 0.5) is 5.95 Å². The van der Waals surface area contributed by atoms with Crippen molar-refractivity contribution in [3.05, 3.63) is 35.7 Å². The van der Waals surface area contributed by atoms with Crippen LogP contribution in [0.3, 0.4) is 0 Å². The first-order chi connectivity index (χ1) is 14.5. The number of esters is 1. The van der Waals surface area contributed by atoms with Gasteiger partial charge in [0.25, 0.3) is 0 Å². The largest absolute Gasteiger partial charge is 0.490 e. The summed E-state index contributed by atoms with van der Waals surface area (Å²) in [5.41, 5.74) is 1.21. The highest BCUT2D eigenvalue weighted by atomic mass is 16.6. The molecule has 0 radical (unpaired) electrons. The van der Waals surface area contributed by atoms with Crippen molar-refractivity contribution in [2.24, 2.45) is 7.05 Å². The molecule has 3 rings (SSSR count). The molecule has 2 aromatic rings. The maximum absolute atomic E-state index is 11.5. The van der Waals surface area contributed by atoms with E-state index >= 15 is 0 Å². The van der Waals surface area contributed by atoms with Gasteiger partial charge in [-0.1, -0.05) is 18.6 Å². The van der Waals surface area contributed by atoms with Gasteiger partial charge in [0.1, 0.15) is 19.0 Å². The lowest BCUT2D eigenvalue weighted by Gasteiger charge is -2.26. The summed E-state index contributed by atoms with van der Waals surface area (Å²) in [5, 5.41) is 16.3. The number of carbonyl (C=O) groups excluding carboxylic acids is 1. The van der Waals surface area contributed by atoms with Gasteiger partial charge in [0.15, 0.2) is 11.9 Å². The molecule has 1 aliphatic rings. The van der Waals surface area contributed by atoms with E-state index in [9.17, 15) is 4.79 Å². The summed E-state index contributed by atoms with van der Waals surface area (Å²) in [6, 6.07) is 8.06. The van der Waals surface area contributed by atoms with E-state index in [1.54, 1.807) is 7.05 Å². The predicted molar refractivity (Wildman–Crippen MR) is 112 cm³/mol. The Labute approximate surface area is 177 Å². The Kier molecular flexibility index (Phi) is 8.04. The number of likely N-dealkylation sites (tertiary alicyclic amines) is 1. The maximum Gasteiger partial charge on any atom is 0.303 e. The number of aromatic nitrogens is 3. The van der Waals surface area contributed by atoms with Crippen molar-refractivity contribution in [1.29, 1.82) is 0 Å². The van der Waals surface area contributed by atoms with Crippen LogP contribution in [0, 0.1) is 0 Å². The molecule has 0 saturated carbocycles. The van der Waals surface area contributed by atoms with Crippen LogP contribution in [0.5, 0.6) is 5.75 Å². The fourth-order valence-electron chi connectivity index (χ4n) is 3.53. The van der Waals surface area contributed by atoms with Crippen molar-refractivity contribution in [1.82, 2.24) is 19.7 Å². The molecule has 2 heterocycles. The normalized spacial score (nSPS) is 15.6. The molecule has 0 amide bonds. The highest BCUT2D eigenvalue weighted by molar-refractivity contribution is 5.66. The molecule has 1 atom stereocenters. The van der Waals surface area contributed by atoms with Gasteiger partial charge in [-0.2, -0.15) is 10.1 Å². The molecule has 0 bridgehead atoms. The predicted octanol–water partition coefficient (Wildman–Crippen LogP) is 1.72. The second-order valence-electron chi connectivity index (χ2n) is 7.54. The van der Waals surface area contributed by atoms with Crippen LogP contribution < -0.4 is 10.1 Å². The highest BCUT2D eigenvalue weighted by Gasteiger charge is 2.16. The number of hydrogen-bond acceptors (Lipinski definition) is 8. The Balaban J connectivity index is 1.55. The summed E-state index contributed by atoms with van der Waals surface area (Å²) >= 11 is 0. The smallest absolute Gasteiger partial charge is 0.303 e. The maximum atomic E-state index is 11.5. The number of hydrogen-bond donors (Lipinski definition) is 2. The molecule has 1 aromatic carbocycles. The Morgan fingerprint density at radius 1 is 1.30 bits per heavy atom. The fourth-order valence-corrected chi connectivity index (χ4v) is 3.53. The van der Waals surface area contributed by atoms with E-state index in [0.29, 0.717) is 18.3 Å². The molecule has 164 valence electrons. The monoisotopic (exact) mass is 417 g/mol. The van der Waals surface area contributed by atoms with Crippen LogP contribution in [0.15, 0.2) is 24.3 Å². The van der Waals surface area contributed by atoms with E-state index in [-0.39, 0.29) is 19.2 Å². The Bertz CT molecular complexity index is 819. The topological polar surface area (TPSA) is 102 Å². The second kappa shape index (κ2) is 10.9. The molecule has 1 aromatic heterocycles. The molecule has 9 heteroatoms. The Morgan fingerprint density at radius 2 is 2.10 bits per heavy atom. The first-order valence-corrected chi connectivity index (χ1v) is 10.4. The molecule has 1 fully saturated rings. The number of nitrogens with one attached hydrogen (secondary N) is 1.